The first-order valence-electron chi connectivity index (χ1n) is 5.12. The van der Waals surface area contributed by atoms with Crippen molar-refractivity contribution in [3.63, 3.8) is 0 Å². The lowest BCUT2D eigenvalue weighted by Crippen LogP contribution is -2.42. The van der Waals surface area contributed by atoms with Gasteiger partial charge in [-0.2, -0.15) is 0 Å². The molecule has 0 fully saturated rings. The molecule has 1 N–H and O–H groups in total. The highest BCUT2D eigenvalue weighted by Crippen LogP contribution is 2.08. The zero-order valence-electron chi connectivity index (χ0n) is 9.78. The van der Waals surface area contributed by atoms with Gasteiger partial charge in [0, 0.05) is 12.6 Å². The average Bonchev–Trinajstić information content (AvgIpc) is 2.17. The fraction of sp³-hybridized carbons (Fsp3) is 0.636. The molecule has 0 heterocycles. The Morgan fingerprint density at radius 3 is 2.27 bits per heavy atom. The first kappa shape index (κ1) is 13.7. The lowest BCUT2D eigenvalue weighted by atomic mass is 10.1. The highest BCUT2D eigenvalue weighted by atomic mass is 16.4. The van der Waals surface area contributed by atoms with E-state index < -0.39 is 12.0 Å². The Morgan fingerprint density at radius 2 is 1.93 bits per heavy atom. The van der Waals surface area contributed by atoms with Gasteiger partial charge < -0.3 is 10.0 Å². The summed E-state index contributed by atoms with van der Waals surface area (Å²) in [5.41, 5.74) is 0.597. The summed E-state index contributed by atoms with van der Waals surface area (Å²) in [6, 6.07) is -0.738. The third-order valence-corrected chi connectivity index (χ3v) is 2.31. The van der Waals surface area contributed by atoms with Crippen molar-refractivity contribution < 1.29 is 14.7 Å². The number of hydrogen-bond acceptors (Lipinski definition) is 2. The number of hydrogen-bond donors (Lipinski definition) is 1. The summed E-state index contributed by atoms with van der Waals surface area (Å²) < 4.78 is 0. The van der Waals surface area contributed by atoms with Crippen molar-refractivity contribution in [3.8, 4) is 0 Å². The Bertz CT molecular complexity index is 271. The molecular weight excluding hydrogens is 194 g/mol. The molecule has 0 spiro atoms. The molecule has 0 saturated carbocycles. The molecular formula is C11H19NO3. The zero-order chi connectivity index (χ0) is 12.0. The van der Waals surface area contributed by atoms with Crippen LogP contribution in [0, 0.1) is 0 Å². The molecule has 0 aliphatic carbocycles. The van der Waals surface area contributed by atoms with E-state index in [9.17, 15) is 9.59 Å². The normalized spacial score (nSPS) is 13.5. The van der Waals surface area contributed by atoms with Crippen LogP contribution in [0.1, 0.15) is 33.6 Å². The van der Waals surface area contributed by atoms with Crippen molar-refractivity contribution in [2.24, 2.45) is 0 Å². The third-order valence-electron chi connectivity index (χ3n) is 2.31. The molecule has 0 rings (SSSR count). The van der Waals surface area contributed by atoms with Gasteiger partial charge in [-0.3, -0.25) is 4.79 Å². The van der Waals surface area contributed by atoms with Gasteiger partial charge in [0.05, 0.1) is 0 Å². The van der Waals surface area contributed by atoms with Crippen LogP contribution in [0.15, 0.2) is 11.6 Å². The first-order valence-corrected chi connectivity index (χ1v) is 5.12. The predicted octanol–water partition coefficient (Wildman–Crippen LogP) is 1.66. The van der Waals surface area contributed by atoms with E-state index in [4.69, 9.17) is 5.11 Å². The van der Waals surface area contributed by atoms with E-state index in [0.717, 1.165) is 6.42 Å². The van der Waals surface area contributed by atoms with Gasteiger partial charge in [0.15, 0.2) is 0 Å². The number of rotatable bonds is 5. The zero-order valence-corrected chi connectivity index (χ0v) is 9.78. The van der Waals surface area contributed by atoms with Crippen molar-refractivity contribution in [2.75, 3.05) is 7.05 Å². The lowest BCUT2D eigenvalue weighted by molar-refractivity contribution is -0.147. The van der Waals surface area contributed by atoms with Gasteiger partial charge in [0.1, 0.15) is 6.04 Å². The molecule has 1 atom stereocenters. The highest BCUT2D eigenvalue weighted by Gasteiger charge is 2.24. The second-order valence-electron chi connectivity index (χ2n) is 3.47. The van der Waals surface area contributed by atoms with Crippen LogP contribution in [-0.4, -0.2) is 35.0 Å². The summed E-state index contributed by atoms with van der Waals surface area (Å²) in [5, 5.41) is 8.89. The number of carboxylic acid groups (broad SMARTS) is 1. The summed E-state index contributed by atoms with van der Waals surface area (Å²) >= 11 is 0. The molecule has 0 aliphatic heterocycles. The van der Waals surface area contributed by atoms with Gasteiger partial charge in [-0.15, -0.1) is 0 Å². The van der Waals surface area contributed by atoms with Crippen LogP contribution in [0.5, 0.6) is 0 Å². The number of carbonyl (C=O) groups is 2. The maximum Gasteiger partial charge on any atom is 0.326 e. The van der Waals surface area contributed by atoms with Crippen LogP contribution in [0.3, 0.4) is 0 Å². The third kappa shape index (κ3) is 3.73. The van der Waals surface area contributed by atoms with E-state index in [1.54, 1.807) is 19.9 Å². The van der Waals surface area contributed by atoms with Crippen molar-refractivity contribution in [2.45, 2.75) is 39.7 Å². The minimum atomic E-state index is -0.961. The van der Waals surface area contributed by atoms with Crippen LogP contribution >= 0.6 is 0 Å². The number of aliphatic carboxylic acids is 1. The number of nitrogens with zero attached hydrogens (tertiary/aromatic N) is 1. The number of likely N-dealkylation sites (N-methyl/N-ethyl adjacent to an activating group) is 1. The summed E-state index contributed by atoms with van der Waals surface area (Å²) in [4.78, 5) is 23.9. The summed E-state index contributed by atoms with van der Waals surface area (Å²) in [5.74, 6) is -1.18. The summed E-state index contributed by atoms with van der Waals surface area (Å²) in [6.45, 7) is 5.39. The van der Waals surface area contributed by atoms with Gasteiger partial charge in [0.25, 0.3) is 0 Å². The molecule has 0 aromatic rings. The standard InChI is InChI=1S/C11H19NO3/c1-5-7-8(3)10(13)12(4)9(6-2)11(14)15/h7,9H,5-6H2,1-4H3,(H,14,15). The maximum absolute atomic E-state index is 11.7. The molecule has 15 heavy (non-hydrogen) atoms. The second-order valence-corrected chi connectivity index (χ2v) is 3.47. The van der Waals surface area contributed by atoms with Gasteiger partial charge in [-0.25, -0.2) is 4.79 Å². The van der Waals surface area contributed by atoms with E-state index in [-0.39, 0.29) is 5.91 Å². The van der Waals surface area contributed by atoms with E-state index in [2.05, 4.69) is 0 Å². The van der Waals surface area contributed by atoms with Gasteiger partial charge >= 0.3 is 5.97 Å². The van der Waals surface area contributed by atoms with Crippen LogP contribution in [0.25, 0.3) is 0 Å². The molecule has 1 amide bonds. The minimum Gasteiger partial charge on any atom is -0.480 e. The molecule has 0 saturated heterocycles. The number of amides is 1. The van der Waals surface area contributed by atoms with Crippen LogP contribution in [0.2, 0.25) is 0 Å². The van der Waals surface area contributed by atoms with Crippen molar-refractivity contribution >= 4 is 11.9 Å². The SMILES string of the molecule is CCC=C(C)C(=O)N(C)C(CC)C(=O)O. The van der Waals surface area contributed by atoms with Crippen molar-refractivity contribution in [1.82, 2.24) is 4.90 Å². The van der Waals surface area contributed by atoms with E-state index in [0.29, 0.717) is 12.0 Å². The molecule has 0 radical (unpaired) electrons. The quantitative estimate of drug-likeness (QED) is 0.707. The van der Waals surface area contributed by atoms with Gasteiger partial charge in [-0.1, -0.05) is 19.9 Å². The molecule has 0 bridgehead atoms. The maximum atomic E-state index is 11.7. The van der Waals surface area contributed by atoms with Crippen LogP contribution < -0.4 is 0 Å². The monoisotopic (exact) mass is 213 g/mol. The van der Waals surface area contributed by atoms with Gasteiger partial charge in [0.2, 0.25) is 5.91 Å². The Morgan fingerprint density at radius 1 is 1.40 bits per heavy atom. The fourth-order valence-corrected chi connectivity index (χ4v) is 1.43. The second kappa shape index (κ2) is 6.22. The van der Waals surface area contributed by atoms with E-state index in [1.807, 2.05) is 6.92 Å². The smallest absolute Gasteiger partial charge is 0.326 e. The van der Waals surface area contributed by atoms with Crippen molar-refractivity contribution in [3.05, 3.63) is 11.6 Å². The van der Waals surface area contributed by atoms with Gasteiger partial charge in [-0.05, 0) is 19.8 Å². The highest BCUT2D eigenvalue weighted by molar-refractivity contribution is 5.95. The topological polar surface area (TPSA) is 57.6 Å². The average molecular weight is 213 g/mol. The number of allylic oxidation sites excluding steroid dienone is 1. The fourth-order valence-electron chi connectivity index (χ4n) is 1.43. The molecule has 0 aromatic carbocycles. The Kier molecular flexibility index (Phi) is 5.67. The molecule has 4 heteroatoms. The molecule has 0 aromatic heterocycles. The number of carbonyl (C=O) groups excluding carboxylic acids is 1. The molecule has 86 valence electrons. The minimum absolute atomic E-state index is 0.217. The molecule has 1 unspecified atom stereocenters. The van der Waals surface area contributed by atoms with Crippen LogP contribution in [0.4, 0.5) is 0 Å². The Hall–Kier alpha value is -1.32. The summed E-state index contributed by atoms with van der Waals surface area (Å²) in [6.07, 6.45) is 2.99. The molecule has 0 aliphatic rings. The number of carboxylic acids is 1. The largest absolute Gasteiger partial charge is 0.480 e. The predicted molar refractivity (Wildman–Crippen MR) is 58.5 cm³/mol. The van der Waals surface area contributed by atoms with E-state index in [1.165, 1.54) is 11.9 Å². The summed E-state index contributed by atoms with van der Waals surface area (Å²) in [7, 11) is 1.53. The Labute approximate surface area is 90.6 Å². The lowest BCUT2D eigenvalue weighted by Gasteiger charge is -2.24. The molecule has 4 nitrogen and oxygen atoms in total. The van der Waals surface area contributed by atoms with Crippen LogP contribution in [-0.2, 0) is 9.59 Å². The Balaban J connectivity index is 4.69. The van der Waals surface area contributed by atoms with E-state index >= 15 is 0 Å². The first-order chi connectivity index (χ1) is 6.95. The van der Waals surface area contributed by atoms with Crippen molar-refractivity contribution in [1.29, 1.82) is 0 Å².